The SMILES string of the molecule is NC1COCC1C(=O)Nc1cc(Cl)cc(C(F)(F)F)c1. The molecule has 20 heavy (non-hydrogen) atoms. The van der Waals surface area contributed by atoms with Crippen LogP contribution in [0.2, 0.25) is 5.02 Å². The van der Waals surface area contributed by atoms with E-state index in [4.69, 9.17) is 22.1 Å². The van der Waals surface area contributed by atoms with E-state index in [0.29, 0.717) is 0 Å². The van der Waals surface area contributed by atoms with Crippen molar-refractivity contribution in [2.45, 2.75) is 12.2 Å². The Hall–Kier alpha value is -1.31. The van der Waals surface area contributed by atoms with E-state index in [9.17, 15) is 18.0 Å². The number of anilines is 1. The number of hydrogen-bond acceptors (Lipinski definition) is 3. The lowest BCUT2D eigenvalue weighted by Gasteiger charge is -2.15. The van der Waals surface area contributed by atoms with Crippen molar-refractivity contribution in [1.82, 2.24) is 0 Å². The van der Waals surface area contributed by atoms with E-state index in [1.54, 1.807) is 0 Å². The first-order valence-electron chi connectivity index (χ1n) is 5.79. The quantitative estimate of drug-likeness (QED) is 0.881. The highest BCUT2D eigenvalue weighted by atomic mass is 35.5. The number of ether oxygens (including phenoxy) is 1. The molecule has 1 heterocycles. The van der Waals surface area contributed by atoms with Crippen LogP contribution in [0.4, 0.5) is 18.9 Å². The number of nitrogens with one attached hydrogen (secondary N) is 1. The molecule has 4 nitrogen and oxygen atoms in total. The first kappa shape index (κ1) is 15.1. The number of nitrogens with two attached hydrogens (primary N) is 1. The molecule has 0 spiro atoms. The molecule has 0 bridgehead atoms. The van der Waals surface area contributed by atoms with Crippen molar-refractivity contribution in [3.63, 3.8) is 0 Å². The van der Waals surface area contributed by atoms with E-state index in [2.05, 4.69) is 5.32 Å². The Kier molecular flexibility index (Phi) is 4.22. The molecule has 8 heteroatoms. The topological polar surface area (TPSA) is 64.3 Å². The van der Waals surface area contributed by atoms with Crippen molar-refractivity contribution in [2.75, 3.05) is 18.5 Å². The normalized spacial score (nSPS) is 22.9. The molecule has 2 atom stereocenters. The molecule has 1 aromatic rings. The molecule has 1 amide bonds. The summed E-state index contributed by atoms with van der Waals surface area (Å²) in [6, 6.07) is 2.40. The van der Waals surface area contributed by atoms with E-state index in [0.717, 1.165) is 12.1 Å². The van der Waals surface area contributed by atoms with Gasteiger partial charge in [0, 0.05) is 16.8 Å². The molecule has 0 aliphatic carbocycles. The second-order valence-corrected chi connectivity index (χ2v) is 4.96. The van der Waals surface area contributed by atoms with E-state index in [-0.39, 0.29) is 23.9 Å². The molecule has 0 radical (unpaired) electrons. The number of amides is 1. The lowest BCUT2D eigenvalue weighted by atomic mass is 10.0. The molecule has 1 aliphatic rings. The fourth-order valence-electron chi connectivity index (χ4n) is 1.90. The van der Waals surface area contributed by atoms with Gasteiger partial charge in [-0.25, -0.2) is 0 Å². The number of halogens is 4. The minimum Gasteiger partial charge on any atom is -0.379 e. The van der Waals surface area contributed by atoms with E-state index in [1.807, 2.05) is 0 Å². The van der Waals surface area contributed by atoms with Gasteiger partial charge in [-0.1, -0.05) is 11.6 Å². The van der Waals surface area contributed by atoms with Gasteiger partial charge in [-0.3, -0.25) is 4.79 Å². The van der Waals surface area contributed by atoms with Gasteiger partial charge in [0.25, 0.3) is 0 Å². The van der Waals surface area contributed by atoms with Crippen LogP contribution in [0.5, 0.6) is 0 Å². The van der Waals surface area contributed by atoms with Crippen molar-refractivity contribution >= 4 is 23.2 Å². The lowest BCUT2D eigenvalue weighted by molar-refractivity contribution is -0.137. The third kappa shape index (κ3) is 3.41. The van der Waals surface area contributed by atoms with E-state index >= 15 is 0 Å². The number of benzene rings is 1. The molecule has 1 aliphatic heterocycles. The van der Waals surface area contributed by atoms with E-state index in [1.165, 1.54) is 6.07 Å². The van der Waals surface area contributed by atoms with Gasteiger partial charge in [-0.05, 0) is 18.2 Å². The second-order valence-electron chi connectivity index (χ2n) is 4.52. The Labute approximate surface area is 118 Å². The van der Waals surface area contributed by atoms with Crippen LogP contribution in [-0.4, -0.2) is 25.2 Å². The minimum absolute atomic E-state index is 0.0195. The Balaban J connectivity index is 2.17. The monoisotopic (exact) mass is 308 g/mol. The van der Waals surface area contributed by atoms with Crippen LogP contribution in [0.1, 0.15) is 5.56 Å². The van der Waals surface area contributed by atoms with Crippen LogP contribution >= 0.6 is 11.6 Å². The van der Waals surface area contributed by atoms with Crippen molar-refractivity contribution in [3.05, 3.63) is 28.8 Å². The van der Waals surface area contributed by atoms with Gasteiger partial charge in [0.15, 0.2) is 0 Å². The number of alkyl halides is 3. The number of carbonyl (C=O) groups excluding carboxylic acids is 1. The fourth-order valence-corrected chi connectivity index (χ4v) is 2.14. The lowest BCUT2D eigenvalue weighted by Crippen LogP contribution is -2.37. The van der Waals surface area contributed by atoms with Crippen LogP contribution in [0.15, 0.2) is 18.2 Å². The highest BCUT2D eigenvalue weighted by molar-refractivity contribution is 6.31. The van der Waals surface area contributed by atoms with Crippen molar-refractivity contribution < 1.29 is 22.7 Å². The fraction of sp³-hybridized carbons (Fsp3) is 0.417. The summed E-state index contributed by atoms with van der Waals surface area (Å²) in [6.07, 6.45) is -4.53. The molecule has 0 aromatic heterocycles. The van der Waals surface area contributed by atoms with Crippen LogP contribution in [0.25, 0.3) is 0 Å². The zero-order chi connectivity index (χ0) is 14.9. The Morgan fingerprint density at radius 2 is 2.05 bits per heavy atom. The predicted molar refractivity (Wildman–Crippen MR) is 67.4 cm³/mol. The summed E-state index contributed by atoms with van der Waals surface area (Å²) < 4.78 is 42.9. The Bertz CT molecular complexity index is 522. The average Bonchev–Trinajstić information content (AvgIpc) is 2.73. The van der Waals surface area contributed by atoms with Gasteiger partial charge in [0.1, 0.15) is 0 Å². The second kappa shape index (κ2) is 5.59. The summed E-state index contributed by atoms with van der Waals surface area (Å²) in [6.45, 7) is 0.404. The minimum atomic E-state index is -4.53. The molecular formula is C12H12ClF3N2O2. The summed E-state index contributed by atoms with van der Waals surface area (Å²) >= 11 is 5.63. The zero-order valence-electron chi connectivity index (χ0n) is 10.2. The summed E-state index contributed by atoms with van der Waals surface area (Å²) in [7, 11) is 0. The highest BCUT2D eigenvalue weighted by Gasteiger charge is 2.33. The molecule has 3 N–H and O–H groups in total. The maximum atomic E-state index is 12.6. The third-order valence-electron chi connectivity index (χ3n) is 2.95. The Morgan fingerprint density at radius 3 is 2.60 bits per heavy atom. The van der Waals surface area contributed by atoms with Gasteiger partial charge in [-0.2, -0.15) is 13.2 Å². The number of carbonyl (C=O) groups is 1. The van der Waals surface area contributed by atoms with Crippen molar-refractivity contribution in [2.24, 2.45) is 11.7 Å². The Morgan fingerprint density at radius 1 is 1.35 bits per heavy atom. The number of hydrogen-bond donors (Lipinski definition) is 2. The van der Waals surface area contributed by atoms with Crippen molar-refractivity contribution in [3.8, 4) is 0 Å². The van der Waals surface area contributed by atoms with Crippen LogP contribution in [0, 0.1) is 5.92 Å². The van der Waals surface area contributed by atoms with Crippen LogP contribution < -0.4 is 11.1 Å². The number of rotatable bonds is 2. The molecule has 1 saturated heterocycles. The van der Waals surface area contributed by atoms with Crippen LogP contribution in [-0.2, 0) is 15.7 Å². The standard InChI is InChI=1S/C12H12ClF3N2O2/c13-7-1-6(12(14,15)16)2-8(3-7)18-11(19)9-4-20-5-10(9)17/h1-3,9-10H,4-5,17H2,(H,18,19). The van der Waals surface area contributed by atoms with Gasteiger partial charge >= 0.3 is 6.18 Å². The first-order chi connectivity index (χ1) is 9.27. The first-order valence-corrected chi connectivity index (χ1v) is 6.17. The molecule has 1 fully saturated rings. The van der Waals surface area contributed by atoms with Crippen molar-refractivity contribution in [1.29, 1.82) is 0 Å². The molecule has 2 rings (SSSR count). The molecule has 1 aromatic carbocycles. The molecule has 2 unspecified atom stereocenters. The maximum Gasteiger partial charge on any atom is 0.416 e. The zero-order valence-corrected chi connectivity index (χ0v) is 11.0. The molecule has 110 valence electrons. The highest BCUT2D eigenvalue weighted by Crippen LogP contribution is 2.33. The predicted octanol–water partition coefficient (Wildman–Crippen LogP) is 2.27. The van der Waals surface area contributed by atoms with Gasteiger partial charge < -0.3 is 15.8 Å². The van der Waals surface area contributed by atoms with E-state index < -0.39 is 29.6 Å². The molecule has 0 saturated carbocycles. The van der Waals surface area contributed by atoms with Crippen LogP contribution in [0.3, 0.4) is 0 Å². The maximum absolute atomic E-state index is 12.6. The molecular weight excluding hydrogens is 297 g/mol. The summed E-state index contributed by atoms with van der Waals surface area (Å²) in [5.41, 5.74) is 4.73. The smallest absolute Gasteiger partial charge is 0.379 e. The summed E-state index contributed by atoms with van der Waals surface area (Å²) in [4.78, 5) is 11.9. The largest absolute Gasteiger partial charge is 0.416 e. The summed E-state index contributed by atoms with van der Waals surface area (Å²) in [5.74, 6) is -1.06. The average molecular weight is 309 g/mol. The van der Waals surface area contributed by atoms with Gasteiger partial charge in [-0.15, -0.1) is 0 Å². The van der Waals surface area contributed by atoms with Gasteiger partial charge in [0.2, 0.25) is 5.91 Å². The summed E-state index contributed by atoms with van der Waals surface area (Å²) in [5, 5.41) is 2.28. The van der Waals surface area contributed by atoms with Gasteiger partial charge in [0.05, 0.1) is 24.7 Å². The third-order valence-corrected chi connectivity index (χ3v) is 3.17.